The number of hydrogen-bond acceptors (Lipinski definition) is 0. The van der Waals surface area contributed by atoms with Crippen LogP contribution in [-0.4, -0.2) is 13.6 Å². The summed E-state index contributed by atoms with van der Waals surface area (Å²) in [5, 5.41) is 0. The predicted molar refractivity (Wildman–Crippen MR) is 32.2 cm³/mol. The van der Waals surface area contributed by atoms with Crippen LogP contribution in [0.5, 0.6) is 0 Å². The minimum atomic E-state index is 1.20. The van der Waals surface area contributed by atoms with Gasteiger partial charge < -0.3 is 4.90 Å². The molecule has 0 fully saturated rings. The molecule has 0 aromatic rings. The summed E-state index contributed by atoms with van der Waals surface area (Å²) >= 11 is 0. The van der Waals surface area contributed by atoms with Crippen molar-refractivity contribution in [2.24, 2.45) is 0 Å². The van der Waals surface area contributed by atoms with E-state index in [2.05, 4.69) is 20.6 Å². The van der Waals surface area contributed by atoms with Crippen LogP contribution >= 0.6 is 0 Å². The molecular formula is C6H14N+. The third-order valence-corrected chi connectivity index (χ3v) is 0.993. The van der Waals surface area contributed by atoms with E-state index in [0.29, 0.717) is 0 Å². The summed E-state index contributed by atoms with van der Waals surface area (Å²) in [4.78, 5) is 1.39. The van der Waals surface area contributed by atoms with Crippen molar-refractivity contribution in [3.8, 4) is 0 Å². The monoisotopic (exact) mass is 100 g/mol. The molecular weight excluding hydrogens is 86.1 g/mol. The number of hydrogen-bond donors (Lipinski definition) is 1. The lowest BCUT2D eigenvalue weighted by atomic mass is 10.5. The Morgan fingerprint density at radius 3 is 2.43 bits per heavy atom. The summed E-state index contributed by atoms with van der Waals surface area (Å²) in [6, 6.07) is 0. The predicted octanol–water partition coefficient (Wildman–Crippen LogP) is 0.0546. The van der Waals surface area contributed by atoms with Crippen molar-refractivity contribution in [3.05, 3.63) is 12.8 Å². The summed E-state index contributed by atoms with van der Waals surface area (Å²) < 4.78 is 0. The maximum absolute atomic E-state index is 3.64. The number of nitrogens with one attached hydrogen (secondary N) is 1. The average molecular weight is 100 g/mol. The van der Waals surface area contributed by atoms with E-state index < -0.39 is 0 Å². The maximum atomic E-state index is 3.64. The molecule has 0 aromatic carbocycles. The molecule has 0 aliphatic heterocycles. The number of quaternary nitrogens is 1. The highest BCUT2D eigenvalue weighted by Crippen LogP contribution is 1.60. The molecule has 0 aliphatic rings. The van der Waals surface area contributed by atoms with E-state index in [4.69, 9.17) is 0 Å². The van der Waals surface area contributed by atoms with Gasteiger partial charge in [0, 0.05) is 0 Å². The van der Waals surface area contributed by atoms with Crippen LogP contribution in [0.25, 0.3) is 0 Å². The van der Waals surface area contributed by atoms with Gasteiger partial charge in [0.15, 0.2) is 0 Å². The zero-order chi connectivity index (χ0) is 5.70. The first-order chi connectivity index (χ1) is 3.31. The molecule has 0 aromatic heterocycles. The third-order valence-electron chi connectivity index (χ3n) is 0.993. The van der Waals surface area contributed by atoms with Gasteiger partial charge in [-0.15, -0.1) is 0 Å². The molecule has 0 heterocycles. The molecule has 0 saturated carbocycles. The van der Waals surface area contributed by atoms with Gasteiger partial charge >= 0.3 is 0 Å². The van der Waals surface area contributed by atoms with E-state index in [9.17, 15) is 0 Å². The first-order valence-electron chi connectivity index (χ1n) is 2.76. The Morgan fingerprint density at radius 2 is 2.29 bits per heavy atom. The molecule has 0 rings (SSSR count). The molecule has 0 radical (unpaired) electrons. The number of rotatable bonds is 3. The maximum Gasteiger partial charge on any atom is 0.0867 e. The summed E-state index contributed by atoms with van der Waals surface area (Å²) in [6.07, 6.45) is 3.15. The van der Waals surface area contributed by atoms with Gasteiger partial charge in [-0.05, 0) is 13.0 Å². The van der Waals surface area contributed by atoms with Gasteiger partial charge in [-0.25, -0.2) is 0 Å². The molecule has 1 nitrogen and oxygen atoms in total. The lowest BCUT2D eigenvalue weighted by Gasteiger charge is -2.02. The Morgan fingerprint density at radius 1 is 1.71 bits per heavy atom. The quantitative estimate of drug-likeness (QED) is 0.511. The normalized spacial score (nSPS) is 13.4. The van der Waals surface area contributed by atoms with Crippen LogP contribution in [0.1, 0.15) is 13.3 Å². The van der Waals surface area contributed by atoms with Crippen molar-refractivity contribution in [1.82, 2.24) is 0 Å². The van der Waals surface area contributed by atoms with Crippen molar-refractivity contribution in [2.45, 2.75) is 13.3 Å². The highest BCUT2D eigenvalue weighted by molar-refractivity contribution is 4.43. The van der Waals surface area contributed by atoms with Crippen molar-refractivity contribution >= 4 is 0 Å². The molecule has 0 aliphatic carbocycles. The van der Waals surface area contributed by atoms with E-state index in [0.717, 1.165) is 0 Å². The van der Waals surface area contributed by atoms with E-state index >= 15 is 0 Å². The summed E-state index contributed by atoms with van der Waals surface area (Å²) in [7, 11) is 2.11. The molecule has 0 bridgehead atoms. The molecule has 0 saturated heterocycles. The van der Waals surface area contributed by atoms with Crippen LogP contribution in [0.2, 0.25) is 0 Å². The topological polar surface area (TPSA) is 4.44 Å². The van der Waals surface area contributed by atoms with Gasteiger partial charge in [-0.3, -0.25) is 0 Å². The fourth-order valence-corrected chi connectivity index (χ4v) is 0.496. The second-order valence-corrected chi connectivity index (χ2v) is 1.80. The average Bonchev–Trinajstić information content (AvgIpc) is 1.68. The van der Waals surface area contributed by atoms with Crippen LogP contribution in [0.3, 0.4) is 0 Å². The van der Waals surface area contributed by atoms with Gasteiger partial charge in [-0.1, -0.05) is 6.92 Å². The Balaban J connectivity index is 2.98. The fourth-order valence-electron chi connectivity index (χ4n) is 0.496. The standard InChI is InChI=1S/C6H13N/c1-4-6-7(3)5-2/h5H,2,4,6H2,1,3H3/p+1. The van der Waals surface area contributed by atoms with E-state index in [1.165, 1.54) is 17.9 Å². The van der Waals surface area contributed by atoms with Gasteiger partial charge in [0.2, 0.25) is 0 Å². The summed E-state index contributed by atoms with van der Waals surface area (Å²) in [5.74, 6) is 0. The largest absolute Gasteiger partial charge is 0.312 e. The SMILES string of the molecule is C=C[NH+](C)CCC. The second-order valence-electron chi connectivity index (χ2n) is 1.80. The van der Waals surface area contributed by atoms with Crippen LogP contribution in [0.15, 0.2) is 12.8 Å². The first-order valence-corrected chi connectivity index (χ1v) is 2.76. The van der Waals surface area contributed by atoms with Crippen molar-refractivity contribution in [3.63, 3.8) is 0 Å². The summed E-state index contributed by atoms with van der Waals surface area (Å²) in [5.41, 5.74) is 0. The summed E-state index contributed by atoms with van der Waals surface area (Å²) in [6.45, 7) is 7.01. The molecule has 1 unspecified atom stereocenters. The first kappa shape index (κ1) is 6.70. The molecule has 1 N–H and O–H groups in total. The Kier molecular flexibility index (Phi) is 3.71. The third kappa shape index (κ3) is 3.53. The Bertz CT molecular complexity index is 50.1. The van der Waals surface area contributed by atoms with Gasteiger partial charge in [0.05, 0.1) is 19.8 Å². The highest BCUT2D eigenvalue weighted by atomic mass is 15.1. The van der Waals surface area contributed by atoms with Crippen LogP contribution in [-0.2, 0) is 0 Å². The van der Waals surface area contributed by atoms with Gasteiger partial charge in [-0.2, -0.15) is 0 Å². The van der Waals surface area contributed by atoms with Gasteiger partial charge in [0.25, 0.3) is 0 Å². The molecule has 0 amide bonds. The lowest BCUT2D eigenvalue weighted by molar-refractivity contribution is -0.824. The Hall–Kier alpha value is -0.300. The van der Waals surface area contributed by atoms with Crippen LogP contribution in [0, 0.1) is 0 Å². The minimum Gasteiger partial charge on any atom is -0.312 e. The van der Waals surface area contributed by atoms with Crippen LogP contribution < -0.4 is 4.90 Å². The smallest absolute Gasteiger partial charge is 0.0867 e. The van der Waals surface area contributed by atoms with E-state index in [-0.39, 0.29) is 0 Å². The van der Waals surface area contributed by atoms with Gasteiger partial charge in [0.1, 0.15) is 0 Å². The molecule has 7 heavy (non-hydrogen) atoms. The molecule has 1 atom stereocenters. The molecule has 1 heteroatoms. The van der Waals surface area contributed by atoms with E-state index in [1.54, 1.807) is 0 Å². The van der Waals surface area contributed by atoms with Crippen LogP contribution in [0.4, 0.5) is 0 Å². The highest BCUT2D eigenvalue weighted by Gasteiger charge is 1.87. The van der Waals surface area contributed by atoms with Crippen molar-refractivity contribution < 1.29 is 4.90 Å². The molecule has 42 valence electrons. The minimum absolute atomic E-state index is 1.20. The zero-order valence-electron chi connectivity index (χ0n) is 5.20. The second kappa shape index (κ2) is 3.88. The Labute approximate surface area is 45.6 Å². The van der Waals surface area contributed by atoms with Crippen molar-refractivity contribution in [1.29, 1.82) is 0 Å². The zero-order valence-corrected chi connectivity index (χ0v) is 5.20. The van der Waals surface area contributed by atoms with E-state index in [1.807, 2.05) is 6.20 Å². The fraction of sp³-hybridized carbons (Fsp3) is 0.667. The molecule has 0 spiro atoms. The lowest BCUT2D eigenvalue weighted by Crippen LogP contribution is -3.03. The van der Waals surface area contributed by atoms with Crippen molar-refractivity contribution in [2.75, 3.05) is 13.6 Å².